The molecule has 4 nitrogen and oxygen atoms in total. The molecule has 0 saturated carbocycles. The molecule has 5 heteroatoms. The third kappa shape index (κ3) is 5.77. The maximum Gasteiger partial charge on any atom is 0.239 e. The topological polar surface area (TPSA) is 26.8 Å². The molecule has 1 amide bonds. The predicted octanol–water partition coefficient (Wildman–Crippen LogP) is 3.41. The van der Waals surface area contributed by atoms with E-state index in [0.29, 0.717) is 11.8 Å². The van der Waals surface area contributed by atoms with Crippen LogP contribution in [-0.2, 0) is 11.2 Å². The van der Waals surface area contributed by atoms with Gasteiger partial charge in [-0.15, -0.1) is 0 Å². The lowest BCUT2D eigenvalue weighted by molar-refractivity contribution is -0.136. The number of hydrogen-bond donors (Lipinski definition) is 0. The molecule has 0 N–H and O–H groups in total. The summed E-state index contributed by atoms with van der Waals surface area (Å²) in [7, 11) is 4.07. The van der Waals surface area contributed by atoms with Crippen molar-refractivity contribution in [3.8, 4) is 0 Å². The number of halogens is 1. The van der Waals surface area contributed by atoms with Gasteiger partial charge in [0, 0.05) is 20.1 Å². The van der Waals surface area contributed by atoms with Crippen LogP contribution in [0.15, 0.2) is 24.3 Å². The summed E-state index contributed by atoms with van der Waals surface area (Å²) >= 11 is 0. The zero-order chi connectivity index (χ0) is 19.9. The van der Waals surface area contributed by atoms with E-state index in [4.69, 9.17) is 0 Å². The van der Waals surface area contributed by atoms with Crippen molar-refractivity contribution in [3.63, 3.8) is 0 Å². The molecule has 2 saturated heterocycles. The standard InChI is InChI=1S/C23H36FN3O/c1-25-14-7-3-4-10-22(25)23(28)26(2)18-19-11-15-27(16-12-19)17-13-20-8-5-6-9-21(20)24/h5-6,8-9,19,22H,3-4,7,10-18H2,1-2H3/t22-/m1/s1. The van der Waals surface area contributed by atoms with Crippen LogP contribution in [0.4, 0.5) is 4.39 Å². The summed E-state index contributed by atoms with van der Waals surface area (Å²) in [5, 5.41) is 0. The number of piperidine rings is 1. The second-order valence-electron chi connectivity index (χ2n) is 8.69. The highest BCUT2D eigenvalue weighted by molar-refractivity contribution is 5.81. The molecule has 0 radical (unpaired) electrons. The second-order valence-corrected chi connectivity index (χ2v) is 8.69. The van der Waals surface area contributed by atoms with Crippen molar-refractivity contribution < 1.29 is 9.18 Å². The molecule has 2 aliphatic heterocycles. The number of likely N-dealkylation sites (tertiary alicyclic amines) is 2. The number of likely N-dealkylation sites (N-methyl/N-ethyl adjacent to an activating group) is 2. The molecule has 28 heavy (non-hydrogen) atoms. The normalized spacial score (nSPS) is 22.8. The summed E-state index contributed by atoms with van der Waals surface area (Å²) in [5.41, 5.74) is 0.808. The average molecular weight is 390 g/mol. The van der Waals surface area contributed by atoms with Crippen molar-refractivity contribution >= 4 is 5.91 Å². The van der Waals surface area contributed by atoms with Gasteiger partial charge in [-0.2, -0.15) is 0 Å². The van der Waals surface area contributed by atoms with E-state index in [0.717, 1.165) is 70.4 Å². The van der Waals surface area contributed by atoms with Crippen molar-refractivity contribution in [2.45, 2.75) is 51.0 Å². The third-order valence-electron chi connectivity index (χ3n) is 6.58. The Bertz CT molecular complexity index is 630. The average Bonchev–Trinajstić information content (AvgIpc) is 2.92. The molecule has 2 fully saturated rings. The van der Waals surface area contributed by atoms with Crippen LogP contribution in [0.3, 0.4) is 0 Å². The van der Waals surface area contributed by atoms with Gasteiger partial charge < -0.3 is 9.80 Å². The van der Waals surface area contributed by atoms with Crippen LogP contribution in [0.5, 0.6) is 0 Å². The molecule has 0 aromatic heterocycles. The fourth-order valence-corrected chi connectivity index (χ4v) is 4.67. The van der Waals surface area contributed by atoms with Crippen LogP contribution < -0.4 is 0 Å². The van der Waals surface area contributed by atoms with Crippen LogP contribution in [0.2, 0.25) is 0 Å². The number of hydrogen-bond acceptors (Lipinski definition) is 3. The Hall–Kier alpha value is -1.46. The molecule has 1 aromatic carbocycles. The molecule has 0 aliphatic carbocycles. The Morgan fingerprint density at radius 3 is 2.61 bits per heavy atom. The first-order chi connectivity index (χ1) is 13.5. The lowest BCUT2D eigenvalue weighted by atomic mass is 9.95. The molecule has 2 heterocycles. The molecular formula is C23H36FN3O. The minimum atomic E-state index is -0.0963. The predicted molar refractivity (Wildman–Crippen MR) is 112 cm³/mol. The molecule has 0 bridgehead atoms. The van der Waals surface area contributed by atoms with Gasteiger partial charge in [0.15, 0.2) is 0 Å². The Morgan fingerprint density at radius 2 is 1.86 bits per heavy atom. The Balaban J connectivity index is 1.41. The summed E-state index contributed by atoms with van der Waals surface area (Å²) in [6.07, 6.45) is 7.61. The number of carbonyl (C=O) groups is 1. The minimum Gasteiger partial charge on any atom is -0.344 e. The molecule has 1 atom stereocenters. The highest BCUT2D eigenvalue weighted by Gasteiger charge is 2.29. The van der Waals surface area contributed by atoms with Crippen molar-refractivity contribution in [2.75, 3.05) is 46.8 Å². The van der Waals surface area contributed by atoms with Crippen molar-refractivity contribution in [3.05, 3.63) is 35.6 Å². The molecule has 0 spiro atoms. The maximum atomic E-state index is 13.8. The first kappa shape index (κ1) is 21.3. The Morgan fingerprint density at radius 1 is 1.11 bits per heavy atom. The van der Waals surface area contributed by atoms with E-state index in [1.54, 1.807) is 12.1 Å². The molecule has 1 aromatic rings. The van der Waals surface area contributed by atoms with Gasteiger partial charge in [-0.1, -0.05) is 31.0 Å². The second kappa shape index (κ2) is 10.4. The van der Waals surface area contributed by atoms with Gasteiger partial charge in [-0.25, -0.2) is 4.39 Å². The largest absolute Gasteiger partial charge is 0.344 e. The van der Waals surface area contributed by atoms with Crippen LogP contribution in [0.25, 0.3) is 0 Å². The molecule has 3 rings (SSSR count). The summed E-state index contributed by atoms with van der Waals surface area (Å²) in [4.78, 5) is 19.6. The molecular weight excluding hydrogens is 353 g/mol. The minimum absolute atomic E-state index is 0.0633. The van der Waals surface area contributed by atoms with E-state index < -0.39 is 0 Å². The number of amides is 1. The van der Waals surface area contributed by atoms with Crippen LogP contribution in [0.1, 0.15) is 44.1 Å². The monoisotopic (exact) mass is 389 g/mol. The molecule has 0 unspecified atom stereocenters. The molecule has 156 valence electrons. The van der Waals surface area contributed by atoms with Crippen molar-refractivity contribution in [1.29, 1.82) is 0 Å². The van der Waals surface area contributed by atoms with Gasteiger partial charge in [0.05, 0.1) is 6.04 Å². The Kier molecular flexibility index (Phi) is 7.86. The molecule has 2 aliphatic rings. The quantitative estimate of drug-likeness (QED) is 0.746. The fraction of sp³-hybridized carbons (Fsp3) is 0.696. The number of nitrogens with zero attached hydrogens (tertiary/aromatic N) is 3. The number of rotatable bonds is 6. The highest BCUT2D eigenvalue weighted by atomic mass is 19.1. The van der Waals surface area contributed by atoms with Gasteiger partial charge in [0.2, 0.25) is 5.91 Å². The summed E-state index contributed by atoms with van der Waals surface area (Å²) in [6, 6.07) is 7.14. The smallest absolute Gasteiger partial charge is 0.239 e. The van der Waals surface area contributed by atoms with E-state index in [1.165, 1.54) is 12.8 Å². The van der Waals surface area contributed by atoms with Crippen LogP contribution in [-0.4, -0.2) is 73.5 Å². The van der Waals surface area contributed by atoms with Gasteiger partial charge in [0.1, 0.15) is 5.82 Å². The first-order valence-electron chi connectivity index (χ1n) is 11.0. The first-order valence-corrected chi connectivity index (χ1v) is 11.0. The van der Waals surface area contributed by atoms with Crippen LogP contribution in [0, 0.1) is 11.7 Å². The van der Waals surface area contributed by atoms with Crippen LogP contribution >= 0.6 is 0 Å². The highest BCUT2D eigenvalue weighted by Crippen LogP contribution is 2.21. The van der Waals surface area contributed by atoms with Gasteiger partial charge in [-0.3, -0.25) is 9.69 Å². The van der Waals surface area contributed by atoms with Gasteiger partial charge >= 0.3 is 0 Å². The fourth-order valence-electron chi connectivity index (χ4n) is 4.67. The number of benzene rings is 1. The summed E-state index contributed by atoms with van der Waals surface area (Å²) in [5.74, 6) is 0.780. The summed E-state index contributed by atoms with van der Waals surface area (Å²) in [6.45, 7) is 4.90. The lowest BCUT2D eigenvalue weighted by Gasteiger charge is -2.35. The van der Waals surface area contributed by atoms with E-state index in [-0.39, 0.29) is 11.9 Å². The summed E-state index contributed by atoms with van der Waals surface area (Å²) < 4.78 is 13.8. The maximum absolute atomic E-state index is 13.8. The van der Waals surface area contributed by atoms with Crippen molar-refractivity contribution in [1.82, 2.24) is 14.7 Å². The van der Waals surface area contributed by atoms with Gasteiger partial charge in [-0.05, 0) is 76.3 Å². The van der Waals surface area contributed by atoms with Crippen molar-refractivity contribution in [2.24, 2.45) is 5.92 Å². The lowest BCUT2D eigenvalue weighted by Crippen LogP contribution is -2.47. The number of carbonyl (C=O) groups excluding carboxylic acids is 1. The van der Waals surface area contributed by atoms with E-state index >= 15 is 0 Å². The third-order valence-corrected chi connectivity index (χ3v) is 6.58. The zero-order valence-electron chi connectivity index (χ0n) is 17.6. The van der Waals surface area contributed by atoms with E-state index in [2.05, 4.69) is 16.8 Å². The SMILES string of the molecule is CN(CC1CCN(CCc2ccccc2F)CC1)C(=O)[C@H]1CCCCCN1C. The van der Waals surface area contributed by atoms with Gasteiger partial charge in [0.25, 0.3) is 0 Å². The van der Waals surface area contributed by atoms with E-state index in [1.807, 2.05) is 24.1 Å². The Labute approximate surface area is 169 Å². The zero-order valence-corrected chi connectivity index (χ0v) is 17.6. The van der Waals surface area contributed by atoms with E-state index in [9.17, 15) is 9.18 Å².